The molecular formula is C20H25BrN2. The van der Waals surface area contributed by atoms with E-state index >= 15 is 0 Å². The average molecular weight is 373 g/mol. The van der Waals surface area contributed by atoms with E-state index in [1.54, 1.807) is 0 Å². The van der Waals surface area contributed by atoms with Crippen molar-refractivity contribution in [3.05, 3.63) is 69.2 Å². The zero-order valence-electron chi connectivity index (χ0n) is 14.1. The Morgan fingerprint density at radius 3 is 2.22 bits per heavy atom. The smallest absolute Gasteiger partial charge is 0.0237 e. The van der Waals surface area contributed by atoms with Crippen LogP contribution in [0.1, 0.15) is 22.3 Å². The molecule has 0 aromatic heterocycles. The Kier molecular flexibility index (Phi) is 5.52. The van der Waals surface area contributed by atoms with Crippen molar-refractivity contribution < 1.29 is 0 Å². The van der Waals surface area contributed by atoms with E-state index in [0.717, 1.165) is 39.3 Å². The van der Waals surface area contributed by atoms with E-state index in [1.807, 2.05) is 0 Å². The number of hydrogen-bond donors (Lipinski definition) is 0. The van der Waals surface area contributed by atoms with Gasteiger partial charge >= 0.3 is 0 Å². The molecule has 0 unspecified atom stereocenters. The van der Waals surface area contributed by atoms with E-state index in [9.17, 15) is 0 Å². The summed E-state index contributed by atoms with van der Waals surface area (Å²) in [6.07, 6.45) is 0. The van der Waals surface area contributed by atoms with E-state index < -0.39 is 0 Å². The van der Waals surface area contributed by atoms with Gasteiger partial charge in [-0.25, -0.2) is 0 Å². The van der Waals surface area contributed by atoms with Crippen LogP contribution in [-0.4, -0.2) is 36.0 Å². The Morgan fingerprint density at radius 1 is 0.870 bits per heavy atom. The fraction of sp³-hybridized carbons (Fsp3) is 0.400. The van der Waals surface area contributed by atoms with E-state index in [4.69, 9.17) is 0 Å². The SMILES string of the molecule is Cc1ccc(CN2CCN(Cc3cccc(Br)c3)CC2)c(C)c1. The number of benzene rings is 2. The minimum absolute atomic E-state index is 1.05. The quantitative estimate of drug-likeness (QED) is 0.785. The van der Waals surface area contributed by atoms with E-state index in [1.165, 1.54) is 26.7 Å². The molecule has 3 heteroatoms. The lowest BCUT2D eigenvalue weighted by molar-refractivity contribution is 0.122. The molecule has 0 amide bonds. The third-order valence-electron chi connectivity index (χ3n) is 4.65. The second kappa shape index (κ2) is 7.61. The number of nitrogens with zero attached hydrogens (tertiary/aromatic N) is 2. The van der Waals surface area contributed by atoms with Gasteiger partial charge in [0.15, 0.2) is 0 Å². The summed E-state index contributed by atoms with van der Waals surface area (Å²) in [7, 11) is 0. The lowest BCUT2D eigenvalue weighted by atomic mass is 10.1. The van der Waals surface area contributed by atoms with Gasteiger partial charge in [0.25, 0.3) is 0 Å². The number of piperazine rings is 1. The van der Waals surface area contributed by atoms with Gasteiger partial charge in [-0.2, -0.15) is 0 Å². The topological polar surface area (TPSA) is 6.48 Å². The largest absolute Gasteiger partial charge is 0.297 e. The maximum Gasteiger partial charge on any atom is 0.0237 e. The molecule has 2 aromatic rings. The predicted molar refractivity (Wildman–Crippen MR) is 101 cm³/mol. The van der Waals surface area contributed by atoms with Crippen LogP contribution in [0.4, 0.5) is 0 Å². The summed E-state index contributed by atoms with van der Waals surface area (Å²) in [5.41, 5.74) is 5.63. The third-order valence-corrected chi connectivity index (χ3v) is 5.15. The van der Waals surface area contributed by atoms with Crippen LogP contribution in [0.2, 0.25) is 0 Å². The highest BCUT2D eigenvalue weighted by Crippen LogP contribution is 2.17. The Morgan fingerprint density at radius 2 is 1.57 bits per heavy atom. The maximum absolute atomic E-state index is 3.56. The van der Waals surface area contributed by atoms with Gasteiger partial charge in [0, 0.05) is 43.7 Å². The van der Waals surface area contributed by atoms with Crippen molar-refractivity contribution in [3.63, 3.8) is 0 Å². The van der Waals surface area contributed by atoms with Crippen LogP contribution in [0.5, 0.6) is 0 Å². The molecule has 2 nitrogen and oxygen atoms in total. The fourth-order valence-corrected chi connectivity index (χ4v) is 3.71. The molecule has 3 rings (SSSR count). The van der Waals surface area contributed by atoms with Gasteiger partial charge < -0.3 is 0 Å². The first-order chi connectivity index (χ1) is 11.1. The van der Waals surface area contributed by atoms with Crippen molar-refractivity contribution in [1.29, 1.82) is 0 Å². The molecule has 0 radical (unpaired) electrons. The van der Waals surface area contributed by atoms with E-state index in [2.05, 4.69) is 82.0 Å². The summed E-state index contributed by atoms with van der Waals surface area (Å²) >= 11 is 3.56. The first kappa shape index (κ1) is 16.7. The Bertz CT molecular complexity index is 660. The molecule has 0 N–H and O–H groups in total. The number of halogens is 1. The van der Waals surface area contributed by atoms with E-state index in [0.29, 0.717) is 0 Å². The summed E-state index contributed by atoms with van der Waals surface area (Å²) in [6, 6.07) is 15.5. The van der Waals surface area contributed by atoms with Crippen LogP contribution in [0.25, 0.3) is 0 Å². The first-order valence-corrected chi connectivity index (χ1v) is 9.15. The molecule has 0 saturated carbocycles. The van der Waals surface area contributed by atoms with Crippen molar-refractivity contribution in [2.75, 3.05) is 26.2 Å². The zero-order chi connectivity index (χ0) is 16.2. The van der Waals surface area contributed by atoms with Gasteiger partial charge in [0.1, 0.15) is 0 Å². The molecule has 1 saturated heterocycles. The Labute approximate surface area is 148 Å². The first-order valence-electron chi connectivity index (χ1n) is 8.35. The standard InChI is InChI=1S/C20H25BrN2/c1-16-6-7-19(17(2)12-16)15-23-10-8-22(9-11-23)14-18-4-3-5-20(21)13-18/h3-7,12-13H,8-11,14-15H2,1-2H3. The van der Waals surface area contributed by atoms with Crippen LogP contribution in [0.3, 0.4) is 0 Å². The highest BCUT2D eigenvalue weighted by Gasteiger charge is 2.17. The fourth-order valence-electron chi connectivity index (χ4n) is 3.26. The number of rotatable bonds is 4. The van der Waals surface area contributed by atoms with Crippen molar-refractivity contribution in [2.24, 2.45) is 0 Å². The number of aryl methyl sites for hydroxylation is 2. The summed E-state index contributed by atoms with van der Waals surface area (Å²) < 4.78 is 1.17. The monoisotopic (exact) mass is 372 g/mol. The molecular weight excluding hydrogens is 348 g/mol. The maximum atomic E-state index is 3.56. The molecule has 0 spiro atoms. The van der Waals surface area contributed by atoms with Crippen molar-refractivity contribution in [3.8, 4) is 0 Å². The van der Waals surface area contributed by atoms with Gasteiger partial charge in [0.2, 0.25) is 0 Å². The Hall–Kier alpha value is -1.16. The van der Waals surface area contributed by atoms with Crippen LogP contribution < -0.4 is 0 Å². The Balaban J connectivity index is 1.52. The normalized spacial score (nSPS) is 16.7. The molecule has 122 valence electrons. The highest BCUT2D eigenvalue weighted by molar-refractivity contribution is 9.10. The molecule has 23 heavy (non-hydrogen) atoms. The van der Waals surface area contributed by atoms with Gasteiger partial charge in [-0.05, 0) is 42.7 Å². The summed E-state index contributed by atoms with van der Waals surface area (Å²) in [5.74, 6) is 0. The second-order valence-electron chi connectivity index (χ2n) is 6.61. The van der Waals surface area contributed by atoms with Gasteiger partial charge in [0.05, 0.1) is 0 Å². The molecule has 1 heterocycles. The zero-order valence-corrected chi connectivity index (χ0v) is 15.6. The molecule has 0 bridgehead atoms. The van der Waals surface area contributed by atoms with E-state index in [-0.39, 0.29) is 0 Å². The molecule has 2 aromatic carbocycles. The van der Waals surface area contributed by atoms with Crippen molar-refractivity contribution in [2.45, 2.75) is 26.9 Å². The molecule has 1 aliphatic heterocycles. The van der Waals surface area contributed by atoms with Crippen LogP contribution in [-0.2, 0) is 13.1 Å². The second-order valence-corrected chi connectivity index (χ2v) is 7.53. The summed E-state index contributed by atoms with van der Waals surface area (Å²) in [6.45, 7) is 11.1. The van der Waals surface area contributed by atoms with Crippen LogP contribution >= 0.6 is 15.9 Å². The van der Waals surface area contributed by atoms with Gasteiger partial charge in [-0.3, -0.25) is 9.80 Å². The van der Waals surface area contributed by atoms with Gasteiger partial charge in [-0.1, -0.05) is 51.8 Å². The third kappa shape index (κ3) is 4.66. The van der Waals surface area contributed by atoms with Crippen molar-refractivity contribution in [1.82, 2.24) is 9.80 Å². The van der Waals surface area contributed by atoms with Crippen molar-refractivity contribution >= 4 is 15.9 Å². The molecule has 0 aliphatic carbocycles. The molecule has 0 atom stereocenters. The minimum Gasteiger partial charge on any atom is -0.297 e. The predicted octanol–water partition coefficient (Wildman–Crippen LogP) is 4.38. The minimum atomic E-state index is 1.05. The number of hydrogen-bond acceptors (Lipinski definition) is 2. The lowest BCUT2D eigenvalue weighted by Gasteiger charge is -2.35. The lowest BCUT2D eigenvalue weighted by Crippen LogP contribution is -2.45. The summed E-state index contributed by atoms with van der Waals surface area (Å²) in [4.78, 5) is 5.13. The van der Waals surface area contributed by atoms with Crippen LogP contribution in [0, 0.1) is 13.8 Å². The molecule has 1 aliphatic rings. The van der Waals surface area contributed by atoms with Crippen LogP contribution in [0.15, 0.2) is 46.9 Å². The van der Waals surface area contributed by atoms with Gasteiger partial charge in [-0.15, -0.1) is 0 Å². The summed E-state index contributed by atoms with van der Waals surface area (Å²) in [5, 5.41) is 0. The highest BCUT2D eigenvalue weighted by atomic mass is 79.9. The average Bonchev–Trinajstić information content (AvgIpc) is 2.52. The molecule has 1 fully saturated rings.